The fourth-order valence-corrected chi connectivity index (χ4v) is 3.45. The number of thiazole rings is 1. The van der Waals surface area contributed by atoms with Crippen LogP contribution in [0.5, 0.6) is 0 Å². The maximum absolute atomic E-state index is 4.50. The van der Waals surface area contributed by atoms with Crippen molar-refractivity contribution in [2.45, 2.75) is 51.7 Å². The maximum atomic E-state index is 4.50. The second kappa shape index (κ2) is 5.94. The predicted octanol–water partition coefficient (Wildman–Crippen LogP) is 2.67. The van der Waals surface area contributed by atoms with Gasteiger partial charge in [0.1, 0.15) is 5.01 Å². The molecule has 96 valence electrons. The van der Waals surface area contributed by atoms with Crippen LogP contribution >= 0.6 is 11.3 Å². The maximum Gasteiger partial charge on any atom is 0.110 e. The van der Waals surface area contributed by atoms with Crippen molar-refractivity contribution in [3.63, 3.8) is 0 Å². The van der Waals surface area contributed by atoms with Crippen LogP contribution in [0.25, 0.3) is 0 Å². The van der Waals surface area contributed by atoms with E-state index in [1.807, 2.05) is 6.20 Å². The van der Waals surface area contributed by atoms with E-state index in [0.717, 1.165) is 19.5 Å². The van der Waals surface area contributed by atoms with Crippen molar-refractivity contribution in [2.24, 2.45) is 0 Å². The van der Waals surface area contributed by atoms with E-state index in [0.29, 0.717) is 18.1 Å². The average molecular weight is 253 g/mol. The Morgan fingerprint density at radius 2 is 2.41 bits per heavy atom. The van der Waals surface area contributed by atoms with Crippen LogP contribution in [-0.2, 0) is 0 Å². The van der Waals surface area contributed by atoms with E-state index < -0.39 is 0 Å². The minimum Gasteiger partial charge on any atom is -0.311 e. The van der Waals surface area contributed by atoms with Crippen LogP contribution in [0.4, 0.5) is 0 Å². The normalized spacial score (nSPS) is 28.2. The van der Waals surface area contributed by atoms with E-state index in [4.69, 9.17) is 0 Å². The van der Waals surface area contributed by atoms with E-state index in [1.54, 1.807) is 11.3 Å². The molecule has 4 heteroatoms. The smallest absolute Gasteiger partial charge is 0.110 e. The van der Waals surface area contributed by atoms with Gasteiger partial charge in [-0.05, 0) is 19.8 Å². The van der Waals surface area contributed by atoms with Crippen LogP contribution in [-0.4, -0.2) is 35.1 Å². The van der Waals surface area contributed by atoms with Crippen LogP contribution < -0.4 is 5.32 Å². The van der Waals surface area contributed by atoms with E-state index in [9.17, 15) is 0 Å². The molecule has 1 fully saturated rings. The van der Waals surface area contributed by atoms with E-state index >= 15 is 0 Å². The molecule has 3 atom stereocenters. The van der Waals surface area contributed by atoms with Gasteiger partial charge >= 0.3 is 0 Å². The number of hydrogen-bond donors (Lipinski definition) is 1. The Labute approximate surface area is 108 Å². The van der Waals surface area contributed by atoms with E-state index in [1.165, 1.54) is 11.4 Å². The first-order valence-corrected chi connectivity index (χ1v) is 7.52. The molecule has 0 saturated carbocycles. The molecule has 2 rings (SSSR count). The first kappa shape index (κ1) is 13.0. The standard InChI is InChI=1S/C13H23N3S/c1-4-11-9-16(10(3)8-15-11)12(5-2)13-14-6-7-17-13/h6-7,10-12,15H,4-5,8-9H2,1-3H3. The highest BCUT2D eigenvalue weighted by Crippen LogP contribution is 2.29. The van der Waals surface area contributed by atoms with Crippen LogP contribution in [0.1, 0.15) is 44.7 Å². The van der Waals surface area contributed by atoms with Gasteiger partial charge in [-0.15, -0.1) is 11.3 Å². The SMILES string of the molecule is CCC1CN(C(CC)c2nccs2)C(C)CN1. The molecule has 0 amide bonds. The number of nitrogens with zero attached hydrogens (tertiary/aromatic N) is 2. The molecule has 1 N–H and O–H groups in total. The third-order valence-corrected chi connectivity index (χ3v) is 4.59. The Hall–Kier alpha value is -0.450. The Kier molecular flexibility index (Phi) is 4.54. The van der Waals surface area contributed by atoms with Crippen molar-refractivity contribution in [1.82, 2.24) is 15.2 Å². The third kappa shape index (κ3) is 2.87. The van der Waals surface area contributed by atoms with Crippen molar-refractivity contribution in [2.75, 3.05) is 13.1 Å². The molecule has 0 aliphatic carbocycles. The molecule has 2 heterocycles. The lowest BCUT2D eigenvalue weighted by molar-refractivity contribution is 0.0866. The van der Waals surface area contributed by atoms with Crippen molar-refractivity contribution in [3.8, 4) is 0 Å². The second-order valence-electron chi connectivity index (χ2n) is 4.85. The van der Waals surface area contributed by atoms with Gasteiger partial charge in [0, 0.05) is 36.8 Å². The lowest BCUT2D eigenvalue weighted by Crippen LogP contribution is -2.55. The highest BCUT2D eigenvalue weighted by Gasteiger charge is 2.30. The third-order valence-electron chi connectivity index (χ3n) is 3.72. The van der Waals surface area contributed by atoms with Crippen molar-refractivity contribution >= 4 is 11.3 Å². The van der Waals surface area contributed by atoms with Gasteiger partial charge in [0.25, 0.3) is 0 Å². The van der Waals surface area contributed by atoms with E-state index in [-0.39, 0.29) is 0 Å². The van der Waals surface area contributed by atoms with Crippen molar-refractivity contribution in [3.05, 3.63) is 16.6 Å². The molecule has 17 heavy (non-hydrogen) atoms. The number of piperazine rings is 1. The fourth-order valence-electron chi connectivity index (χ4n) is 2.61. The zero-order valence-electron chi connectivity index (χ0n) is 11.0. The monoisotopic (exact) mass is 253 g/mol. The summed E-state index contributed by atoms with van der Waals surface area (Å²) in [6, 6.07) is 1.74. The Morgan fingerprint density at radius 1 is 1.59 bits per heavy atom. The molecule has 1 saturated heterocycles. The van der Waals surface area contributed by atoms with Crippen LogP contribution in [0.15, 0.2) is 11.6 Å². The molecular weight excluding hydrogens is 230 g/mol. The first-order chi connectivity index (χ1) is 8.26. The lowest BCUT2D eigenvalue weighted by Gasteiger charge is -2.42. The summed E-state index contributed by atoms with van der Waals surface area (Å²) in [5, 5.41) is 6.97. The summed E-state index contributed by atoms with van der Waals surface area (Å²) in [6.45, 7) is 9.09. The average Bonchev–Trinajstić information content (AvgIpc) is 2.86. The Morgan fingerprint density at radius 3 is 3.00 bits per heavy atom. The minimum absolute atomic E-state index is 0.501. The van der Waals surface area contributed by atoms with Gasteiger partial charge in [0.2, 0.25) is 0 Å². The van der Waals surface area contributed by atoms with Gasteiger partial charge < -0.3 is 5.32 Å². The van der Waals surface area contributed by atoms with Crippen LogP contribution in [0.2, 0.25) is 0 Å². The molecule has 3 unspecified atom stereocenters. The number of hydrogen-bond acceptors (Lipinski definition) is 4. The molecular formula is C13H23N3S. The molecule has 1 aromatic heterocycles. The highest BCUT2D eigenvalue weighted by molar-refractivity contribution is 7.09. The van der Waals surface area contributed by atoms with E-state index in [2.05, 4.69) is 41.4 Å². The molecule has 0 bridgehead atoms. The topological polar surface area (TPSA) is 28.2 Å². The Bertz CT molecular complexity index is 325. The summed E-state index contributed by atoms with van der Waals surface area (Å²) < 4.78 is 0. The molecule has 0 aromatic carbocycles. The van der Waals surface area contributed by atoms with Crippen LogP contribution in [0, 0.1) is 0 Å². The van der Waals surface area contributed by atoms with Crippen molar-refractivity contribution < 1.29 is 0 Å². The van der Waals surface area contributed by atoms with Crippen molar-refractivity contribution in [1.29, 1.82) is 0 Å². The van der Waals surface area contributed by atoms with Gasteiger partial charge in [-0.25, -0.2) is 4.98 Å². The molecule has 1 aromatic rings. The molecule has 3 nitrogen and oxygen atoms in total. The minimum atomic E-state index is 0.501. The van der Waals surface area contributed by atoms with Gasteiger partial charge in [-0.3, -0.25) is 4.90 Å². The fraction of sp³-hybridized carbons (Fsp3) is 0.769. The highest BCUT2D eigenvalue weighted by atomic mass is 32.1. The summed E-state index contributed by atoms with van der Waals surface area (Å²) in [6.07, 6.45) is 4.28. The summed E-state index contributed by atoms with van der Waals surface area (Å²) in [4.78, 5) is 7.13. The quantitative estimate of drug-likeness (QED) is 0.894. The summed E-state index contributed by atoms with van der Waals surface area (Å²) in [5.41, 5.74) is 0. The molecule has 1 aliphatic rings. The van der Waals surface area contributed by atoms with Gasteiger partial charge in [-0.2, -0.15) is 0 Å². The summed E-state index contributed by atoms with van der Waals surface area (Å²) >= 11 is 1.79. The number of nitrogens with one attached hydrogen (secondary N) is 1. The number of aromatic nitrogens is 1. The molecule has 0 spiro atoms. The van der Waals surface area contributed by atoms with Gasteiger partial charge in [-0.1, -0.05) is 13.8 Å². The predicted molar refractivity (Wildman–Crippen MR) is 73.4 cm³/mol. The largest absolute Gasteiger partial charge is 0.311 e. The Balaban J connectivity index is 2.12. The molecule has 0 radical (unpaired) electrons. The summed E-state index contributed by atoms with van der Waals surface area (Å²) in [5.74, 6) is 0. The lowest BCUT2D eigenvalue weighted by atomic mass is 10.0. The first-order valence-electron chi connectivity index (χ1n) is 6.64. The van der Waals surface area contributed by atoms with Gasteiger partial charge in [0.15, 0.2) is 0 Å². The molecule has 1 aliphatic heterocycles. The number of rotatable bonds is 4. The van der Waals surface area contributed by atoms with Gasteiger partial charge in [0.05, 0.1) is 6.04 Å². The summed E-state index contributed by atoms with van der Waals surface area (Å²) in [7, 11) is 0. The second-order valence-corrected chi connectivity index (χ2v) is 5.78. The zero-order chi connectivity index (χ0) is 12.3. The van der Waals surface area contributed by atoms with Crippen LogP contribution in [0.3, 0.4) is 0 Å². The zero-order valence-corrected chi connectivity index (χ0v) is 11.8.